The number of hydrogen-bond acceptors (Lipinski definition) is 4. The van der Waals surface area contributed by atoms with E-state index in [1.165, 1.54) is 30.3 Å². The van der Waals surface area contributed by atoms with E-state index in [0.29, 0.717) is 0 Å². The summed E-state index contributed by atoms with van der Waals surface area (Å²) in [4.78, 5) is 8.97. The van der Waals surface area contributed by atoms with Crippen LogP contribution in [0.25, 0.3) is 31.2 Å². The quantitative estimate of drug-likeness (QED) is 0.386. The van der Waals surface area contributed by atoms with Crippen molar-refractivity contribution in [3.63, 3.8) is 0 Å². The molecule has 2 aliphatic carbocycles. The van der Waals surface area contributed by atoms with Crippen LogP contribution in [0.4, 0.5) is 0 Å². The summed E-state index contributed by atoms with van der Waals surface area (Å²) < 4.78 is 2.51. The Morgan fingerprint density at radius 1 is 0.833 bits per heavy atom. The first-order chi connectivity index (χ1) is 14.2. The van der Waals surface area contributed by atoms with E-state index in [2.05, 4.69) is 49.5 Å². The number of rotatable bonds is 2. The lowest BCUT2D eigenvalue weighted by atomic mass is 9.80. The van der Waals surface area contributed by atoms with Crippen LogP contribution < -0.4 is 0 Å². The minimum Gasteiger partial charge on any atom is -0.227 e. The molecule has 6 heteroatoms. The van der Waals surface area contributed by atoms with E-state index < -0.39 is 0 Å². The first kappa shape index (κ1) is 19.9. The van der Waals surface area contributed by atoms with Gasteiger partial charge >= 0.3 is 0 Å². The maximum absolute atomic E-state index is 9.15. The first-order valence-electron chi connectivity index (χ1n) is 9.22. The van der Waals surface area contributed by atoms with Gasteiger partial charge in [-0.15, -0.1) is 22.7 Å². The van der Waals surface area contributed by atoms with Crippen molar-refractivity contribution in [1.82, 2.24) is 0 Å². The molecule has 0 amide bonds. The highest BCUT2D eigenvalue weighted by Gasteiger charge is 2.41. The van der Waals surface area contributed by atoms with Crippen LogP contribution in [0.1, 0.15) is 48.6 Å². The average Bonchev–Trinajstić information content (AvgIpc) is 3.35. The monoisotopic (exact) mass is 424 g/mol. The van der Waals surface area contributed by atoms with Crippen LogP contribution in [-0.2, 0) is 10.8 Å². The number of nitrogens with zero attached hydrogens (tertiary/aromatic N) is 4. The summed E-state index contributed by atoms with van der Waals surface area (Å²) in [6.07, 6.45) is 7.61. The van der Waals surface area contributed by atoms with Crippen molar-refractivity contribution in [2.45, 2.75) is 38.5 Å². The van der Waals surface area contributed by atoms with Gasteiger partial charge in [-0.2, -0.15) is 0 Å². The summed E-state index contributed by atoms with van der Waals surface area (Å²) in [5, 5.41) is 18.3. The van der Waals surface area contributed by atoms with Crippen molar-refractivity contribution in [1.29, 1.82) is 10.5 Å². The molecule has 0 saturated heterocycles. The number of nitriles is 2. The zero-order chi connectivity index (χ0) is 21.8. The van der Waals surface area contributed by atoms with E-state index in [1.807, 2.05) is 12.1 Å². The molecule has 144 valence electrons. The number of allylic oxidation sites excluding steroid dienone is 6. The molecule has 2 aliphatic rings. The SMILES string of the molecule is [C-]#[N+]/C(C#N)=C\C1=Cc2sc3c4c(sc3c2C1(C)C)C=C(/C=C(\C#N)[N+]#[C-])C4(C)C. The Bertz CT molecular complexity index is 1280. The molecule has 0 spiro atoms. The van der Waals surface area contributed by atoms with Crippen LogP contribution in [0.2, 0.25) is 0 Å². The Morgan fingerprint density at radius 3 is 1.50 bits per heavy atom. The van der Waals surface area contributed by atoms with Crippen molar-refractivity contribution in [2.24, 2.45) is 0 Å². The molecular weight excluding hydrogens is 408 g/mol. The summed E-state index contributed by atoms with van der Waals surface area (Å²) >= 11 is 3.49. The average molecular weight is 425 g/mol. The molecule has 0 bridgehead atoms. The molecule has 0 N–H and O–H groups in total. The van der Waals surface area contributed by atoms with Gasteiger partial charge in [-0.1, -0.05) is 27.7 Å². The molecule has 0 aliphatic heterocycles. The normalized spacial score (nSPS) is 18.5. The third-order valence-corrected chi connectivity index (χ3v) is 8.34. The minimum absolute atomic E-state index is 0.1000. The number of hydrogen-bond donors (Lipinski definition) is 0. The van der Waals surface area contributed by atoms with E-state index in [1.54, 1.807) is 34.8 Å². The number of fused-ring (bicyclic) bond motifs is 5. The second kappa shape index (κ2) is 6.55. The van der Waals surface area contributed by atoms with Crippen LogP contribution in [0, 0.1) is 35.8 Å². The Morgan fingerprint density at radius 2 is 1.20 bits per heavy atom. The lowest BCUT2D eigenvalue weighted by molar-refractivity contribution is 0.660. The third kappa shape index (κ3) is 2.59. The third-order valence-electron chi connectivity index (χ3n) is 5.90. The largest absolute Gasteiger partial charge is 0.262 e. The van der Waals surface area contributed by atoms with Gasteiger partial charge in [-0.25, -0.2) is 20.2 Å². The fourth-order valence-corrected chi connectivity index (χ4v) is 7.64. The molecule has 2 aromatic rings. The van der Waals surface area contributed by atoms with E-state index in [4.69, 9.17) is 23.7 Å². The maximum Gasteiger partial charge on any atom is 0.262 e. The van der Waals surface area contributed by atoms with Crippen molar-refractivity contribution in [2.75, 3.05) is 0 Å². The lowest BCUT2D eigenvalue weighted by Crippen LogP contribution is -2.16. The maximum atomic E-state index is 9.15. The van der Waals surface area contributed by atoms with Crippen LogP contribution in [0.15, 0.2) is 34.7 Å². The van der Waals surface area contributed by atoms with Gasteiger partial charge in [0, 0.05) is 20.6 Å². The fraction of sp³-hybridized carbons (Fsp3) is 0.250. The van der Waals surface area contributed by atoms with Gasteiger partial charge in [0.2, 0.25) is 0 Å². The summed E-state index contributed by atoms with van der Waals surface area (Å²) in [6.45, 7) is 22.9. The molecule has 0 fully saturated rings. The smallest absolute Gasteiger partial charge is 0.227 e. The molecular formula is C24H16N4S2. The van der Waals surface area contributed by atoms with Crippen LogP contribution in [0.3, 0.4) is 0 Å². The van der Waals surface area contributed by atoms with Crippen molar-refractivity contribution < 1.29 is 0 Å². The van der Waals surface area contributed by atoms with Gasteiger partial charge in [0.15, 0.2) is 0 Å². The van der Waals surface area contributed by atoms with Crippen molar-refractivity contribution in [3.05, 3.63) is 78.4 Å². The molecule has 30 heavy (non-hydrogen) atoms. The van der Waals surface area contributed by atoms with E-state index >= 15 is 0 Å². The first-order valence-corrected chi connectivity index (χ1v) is 10.9. The molecule has 0 atom stereocenters. The standard InChI is InChI=1S/C24H16N4S2/c1-23(2)13(7-15(11-25)27-5)9-17-19(23)21-22(29-17)20-18(30-21)10-14(24(20,3)4)8-16(12-26)28-6/h7-10H,1-4H3/b15-7-,16-8+. The topological polar surface area (TPSA) is 56.3 Å². The van der Waals surface area contributed by atoms with Crippen LogP contribution >= 0.6 is 22.7 Å². The highest BCUT2D eigenvalue weighted by atomic mass is 32.1. The Kier molecular flexibility index (Phi) is 4.34. The molecule has 0 unspecified atom stereocenters. The van der Waals surface area contributed by atoms with E-state index in [9.17, 15) is 0 Å². The highest BCUT2D eigenvalue weighted by Crippen LogP contribution is 2.58. The Hall–Kier alpha value is -3.42. The van der Waals surface area contributed by atoms with Gasteiger partial charge in [-0.3, -0.25) is 0 Å². The summed E-state index contributed by atoms with van der Waals surface area (Å²) in [6, 6.07) is 3.92. The van der Waals surface area contributed by atoms with Crippen molar-refractivity contribution in [3.8, 4) is 12.1 Å². The van der Waals surface area contributed by atoms with E-state index in [-0.39, 0.29) is 22.2 Å². The molecule has 4 nitrogen and oxygen atoms in total. The highest BCUT2D eigenvalue weighted by molar-refractivity contribution is 7.29. The van der Waals surface area contributed by atoms with Gasteiger partial charge in [0.05, 0.1) is 34.7 Å². The summed E-state index contributed by atoms with van der Waals surface area (Å²) in [7, 11) is 0. The van der Waals surface area contributed by atoms with Crippen molar-refractivity contribution >= 4 is 44.2 Å². The Balaban J connectivity index is 1.88. The van der Waals surface area contributed by atoms with Gasteiger partial charge in [0.1, 0.15) is 0 Å². The molecule has 2 heterocycles. The molecule has 4 rings (SSSR count). The Labute approximate surface area is 183 Å². The molecule has 2 aromatic heterocycles. The second-order valence-electron chi connectivity index (χ2n) is 8.30. The molecule has 0 radical (unpaired) electrons. The van der Waals surface area contributed by atoms with Gasteiger partial charge < -0.3 is 0 Å². The predicted octanol–water partition coefficient (Wildman–Crippen LogP) is 6.97. The second-order valence-corrected chi connectivity index (χ2v) is 10.4. The predicted molar refractivity (Wildman–Crippen MR) is 122 cm³/mol. The molecule has 0 saturated carbocycles. The summed E-state index contributed by atoms with van der Waals surface area (Å²) in [5.41, 5.74) is 4.13. The lowest BCUT2D eigenvalue weighted by Gasteiger charge is -2.23. The van der Waals surface area contributed by atoms with E-state index in [0.717, 1.165) is 11.1 Å². The zero-order valence-electron chi connectivity index (χ0n) is 16.9. The van der Waals surface area contributed by atoms with Gasteiger partial charge in [-0.05, 0) is 46.6 Å². The number of thiophene rings is 2. The summed E-state index contributed by atoms with van der Waals surface area (Å²) in [5.74, 6) is 0. The van der Waals surface area contributed by atoms with Crippen LogP contribution in [-0.4, -0.2) is 0 Å². The van der Waals surface area contributed by atoms with Crippen LogP contribution in [0.5, 0.6) is 0 Å². The van der Waals surface area contributed by atoms with Gasteiger partial charge in [0.25, 0.3) is 11.4 Å². The zero-order valence-corrected chi connectivity index (χ0v) is 18.5. The minimum atomic E-state index is -0.284. The molecule has 0 aromatic carbocycles. The fourth-order valence-electron chi connectivity index (χ4n) is 4.20.